The van der Waals surface area contributed by atoms with Crippen LogP contribution >= 0.6 is 0 Å². The average molecular weight is 486 g/mol. The maximum atomic E-state index is 14.4. The molecule has 2 aromatic heterocycles. The van der Waals surface area contributed by atoms with Crippen molar-refractivity contribution in [2.45, 2.75) is 18.9 Å². The minimum atomic E-state index is -0.639. The highest BCUT2D eigenvalue weighted by molar-refractivity contribution is 5.83. The maximum Gasteiger partial charge on any atom is 0.133 e. The van der Waals surface area contributed by atoms with Crippen LogP contribution in [0.2, 0.25) is 0 Å². The molecule has 1 fully saturated rings. The lowest BCUT2D eigenvalue weighted by Crippen LogP contribution is -2.31. The van der Waals surface area contributed by atoms with Gasteiger partial charge in [-0.3, -0.25) is 4.57 Å². The summed E-state index contributed by atoms with van der Waals surface area (Å²) in [5, 5.41) is 8.80. The molecule has 0 bridgehead atoms. The smallest absolute Gasteiger partial charge is 0.133 e. The zero-order valence-electron chi connectivity index (χ0n) is 19.8. The van der Waals surface area contributed by atoms with E-state index in [1.54, 1.807) is 18.5 Å². The Labute approximate surface area is 206 Å². The Bertz CT molecular complexity index is 1560. The normalized spacial score (nSPS) is 15.1. The molecule has 0 amide bonds. The molecule has 6 rings (SSSR count). The van der Waals surface area contributed by atoms with Crippen molar-refractivity contribution < 1.29 is 8.78 Å². The molecule has 0 unspecified atom stereocenters. The number of benzene rings is 3. The van der Waals surface area contributed by atoms with E-state index in [-0.39, 0.29) is 5.56 Å². The third-order valence-corrected chi connectivity index (χ3v) is 6.88. The van der Waals surface area contributed by atoms with Gasteiger partial charge in [0.25, 0.3) is 0 Å². The van der Waals surface area contributed by atoms with Crippen molar-refractivity contribution >= 4 is 16.7 Å². The van der Waals surface area contributed by atoms with Gasteiger partial charge in [-0.15, -0.1) is 5.10 Å². The summed E-state index contributed by atoms with van der Waals surface area (Å²) in [6, 6.07) is 15.1. The molecule has 0 spiro atoms. The van der Waals surface area contributed by atoms with Crippen LogP contribution in [-0.4, -0.2) is 49.6 Å². The lowest BCUT2D eigenvalue weighted by molar-refractivity contribution is 0.210. The summed E-state index contributed by atoms with van der Waals surface area (Å²) in [6.07, 6.45) is 5.85. The van der Waals surface area contributed by atoms with Crippen molar-refractivity contribution in [3.63, 3.8) is 0 Å². The van der Waals surface area contributed by atoms with Gasteiger partial charge in [-0.05, 0) is 81.0 Å². The second-order valence-electron chi connectivity index (χ2n) is 9.37. The molecule has 1 aliphatic heterocycles. The highest BCUT2D eigenvalue weighted by atomic mass is 19.1. The van der Waals surface area contributed by atoms with Crippen LogP contribution in [0.4, 0.5) is 14.5 Å². The Morgan fingerprint density at radius 2 is 1.78 bits per heavy atom. The van der Waals surface area contributed by atoms with Crippen LogP contribution in [0.1, 0.15) is 18.9 Å². The van der Waals surface area contributed by atoms with Gasteiger partial charge in [0.05, 0.1) is 23.3 Å². The fraction of sp³-hybridized carbons (Fsp3) is 0.222. The van der Waals surface area contributed by atoms with Crippen LogP contribution in [-0.2, 0) is 0 Å². The molecule has 0 saturated carbocycles. The summed E-state index contributed by atoms with van der Waals surface area (Å²) in [5.74, 6) is -1.26. The maximum absolute atomic E-state index is 14.4. The molecular weight excluding hydrogens is 460 g/mol. The number of hydrogen-bond donors (Lipinski definition) is 1. The summed E-state index contributed by atoms with van der Waals surface area (Å²) in [6.45, 7) is 2.12. The molecule has 3 heterocycles. The molecule has 0 atom stereocenters. The topological polar surface area (TPSA) is 77.8 Å². The number of rotatable bonds is 4. The first-order valence-corrected chi connectivity index (χ1v) is 11.9. The number of likely N-dealkylation sites (tertiary alicyclic amines) is 1. The van der Waals surface area contributed by atoms with Crippen molar-refractivity contribution in [2.24, 2.45) is 0 Å². The minimum Gasteiger partial charge on any atom is -0.399 e. The Morgan fingerprint density at radius 3 is 2.58 bits per heavy atom. The van der Waals surface area contributed by atoms with Crippen molar-refractivity contribution in [3.8, 4) is 28.1 Å². The molecule has 36 heavy (non-hydrogen) atoms. The van der Waals surface area contributed by atoms with Gasteiger partial charge in [0.15, 0.2) is 0 Å². The molecule has 2 N–H and O–H groups in total. The van der Waals surface area contributed by atoms with Crippen LogP contribution in [0, 0.1) is 11.6 Å². The Morgan fingerprint density at radius 1 is 0.944 bits per heavy atom. The van der Waals surface area contributed by atoms with Crippen molar-refractivity contribution in [3.05, 3.63) is 78.8 Å². The fourth-order valence-electron chi connectivity index (χ4n) is 4.88. The van der Waals surface area contributed by atoms with Gasteiger partial charge in [-0.25, -0.2) is 18.4 Å². The second-order valence-corrected chi connectivity index (χ2v) is 9.37. The molecule has 5 aromatic rings. The molecule has 7 nitrogen and oxygen atoms in total. The van der Waals surface area contributed by atoms with E-state index in [1.165, 1.54) is 12.1 Å². The standard InChI is InChI=1S/C27H25F2N7/c1-34-8-6-21(7-9-34)36-15-26(32-33-36)17-2-5-27-25(12-17)31-16-35(27)22-11-18(10-20(30)14-22)23-4-3-19(28)13-24(23)29/h2-5,10-16,21H,6-9,30H2,1H3. The average Bonchev–Trinajstić information content (AvgIpc) is 3.51. The summed E-state index contributed by atoms with van der Waals surface area (Å²) >= 11 is 0. The van der Waals surface area contributed by atoms with Crippen LogP contribution in [0.5, 0.6) is 0 Å². The van der Waals surface area contributed by atoms with Gasteiger partial charge in [-0.1, -0.05) is 11.3 Å². The number of nitrogens with two attached hydrogens (primary N) is 1. The van der Waals surface area contributed by atoms with Crippen molar-refractivity contribution in [1.29, 1.82) is 0 Å². The molecular formula is C27H25F2N7. The van der Waals surface area contributed by atoms with E-state index in [2.05, 4.69) is 27.2 Å². The zero-order valence-corrected chi connectivity index (χ0v) is 19.8. The van der Waals surface area contributed by atoms with Crippen molar-refractivity contribution in [1.82, 2.24) is 29.4 Å². The third kappa shape index (κ3) is 4.11. The van der Waals surface area contributed by atoms with Gasteiger partial charge in [0.2, 0.25) is 0 Å². The number of imidazole rings is 1. The number of nitrogen functional groups attached to an aromatic ring is 1. The van der Waals surface area contributed by atoms with E-state index >= 15 is 0 Å². The highest BCUT2D eigenvalue weighted by Gasteiger charge is 2.20. The summed E-state index contributed by atoms with van der Waals surface area (Å²) in [7, 11) is 2.14. The molecule has 1 aliphatic rings. The number of anilines is 1. The van der Waals surface area contributed by atoms with E-state index in [4.69, 9.17) is 5.73 Å². The van der Waals surface area contributed by atoms with Crippen LogP contribution in [0.25, 0.3) is 39.1 Å². The number of fused-ring (bicyclic) bond motifs is 1. The van der Waals surface area contributed by atoms with E-state index < -0.39 is 11.6 Å². The molecule has 9 heteroatoms. The zero-order chi connectivity index (χ0) is 24.8. The van der Waals surface area contributed by atoms with Gasteiger partial charge in [0.1, 0.15) is 23.7 Å². The predicted molar refractivity (Wildman–Crippen MR) is 136 cm³/mol. The SMILES string of the molecule is CN1CCC(n2cc(-c3ccc4c(c3)ncn4-c3cc(N)cc(-c4ccc(F)cc4F)c3)nn2)CC1. The summed E-state index contributed by atoms with van der Waals surface area (Å²) in [5.41, 5.74) is 11.6. The summed E-state index contributed by atoms with van der Waals surface area (Å²) in [4.78, 5) is 6.92. The first-order valence-electron chi connectivity index (χ1n) is 11.9. The van der Waals surface area contributed by atoms with Gasteiger partial charge >= 0.3 is 0 Å². The first-order chi connectivity index (χ1) is 17.4. The number of hydrogen-bond acceptors (Lipinski definition) is 5. The molecule has 1 saturated heterocycles. The second kappa shape index (κ2) is 8.83. The van der Waals surface area contributed by atoms with Crippen LogP contribution in [0.3, 0.4) is 0 Å². The fourth-order valence-corrected chi connectivity index (χ4v) is 4.88. The third-order valence-electron chi connectivity index (χ3n) is 6.88. The van der Waals surface area contributed by atoms with Crippen molar-refractivity contribution in [2.75, 3.05) is 25.9 Å². The van der Waals surface area contributed by atoms with E-state index in [0.717, 1.165) is 60.0 Å². The van der Waals surface area contributed by atoms with Gasteiger partial charge in [-0.2, -0.15) is 0 Å². The molecule has 0 radical (unpaired) electrons. The van der Waals surface area contributed by atoms with Crippen LogP contribution in [0.15, 0.2) is 67.1 Å². The minimum absolute atomic E-state index is 0.282. The van der Waals surface area contributed by atoms with Gasteiger partial charge < -0.3 is 10.6 Å². The Balaban J connectivity index is 1.32. The van der Waals surface area contributed by atoms with E-state index in [0.29, 0.717) is 17.3 Å². The largest absolute Gasteiger partial charge is 0.399 e. The Hall–Kier alpha value is -4.11. The number of halogens is 2. The quantitative estimate of drug-likeness (QED) is 0.359. The monoisotopic (exact) mass is 485 g/mol. The predicted octanol–water partition coefficient (Wildman–Crippen LogP) is 5.08. The number of aromatic nitrogens is 5. The molecule has 3 aromatic carbocycles. The molecule has 0 aliphatic carbocycles. The number of nitrogens with zero attached hydrogens (tertiary/aromatic N) is 6. The lowest BCUT2D eigenvalue weighted by atomic mass is 10.0. The van der Waals surface area contributed by atoms with E-state index in [9.17, 15) is 8.78 Å². The first kappa shape index (κ1) is 22.4. The van der Waals surface area contributed by atoms with Crippen LogP contribution < -0.4 is 5.73 Å². The van der Waals surface area contributed by atoms with Gasteiger partial charge in [0, 0.05) is 28.6 Å². The summed E-state index contributed by atoms with van der Waals surface area (Å²) < 4.78 is 31.7. The highest BCUT2D eigenvalue weighted by Crippen LogP contribution is 2.31. The molecule has 182 valence electrons. The Kier molecular flexibility index (Phi) is 5.49. The number of piperidine rings is 1. The van der Waals surface area contributed by atoms with E-state index in [1.807, 2.05) is 39.7 Å². The lowest BCUT2D eigenvalue weighted by Gasteiger charge is -2.28.